The van der Waals surface area contributed by atoms with Gasteiger partial charge in [-0.2, -0.15) is 11.3 Å². The average Bonchev–Trinajstić information content (AvgIpc) is 3.15. The van der Waals surface area contributed by atoms with Gasteiger partial charge in [-0.15, -0.1) is 35.3 Å². The van der Waals surface area contributed by atoms with Crippen LogP contribution in [-0.4, -0.2) is 31.0 Å². The van der Waals surface area contributed by atoms with Gasteiger partial charge in [-0.3, -0.25) is 4.99 Å². The van der Waals surface area contributed by atoms with E-state index in [0.717, 1.165) is 25.6 Å². The quantitative estimate of drug-likeness (QED) is 0.396. The topological polar surface area (TPSA) is 27.6 Å². The zero-order chi connectivity index (χ0) is 15.1. The summed E-state index contributed by atoms with van der Waals surface area (Å²) in [6.45, 7) is 6.94. The van der Waals surface area contributed by atoms with Crippen LogP contribution >= 0.6 is 46.7 Å². The standard InChI is InChI=1S/C16H23N3S2.HI/c1-4-17-16(19(3)11-14-7-9-20-12-14)18-10-13(2)15-6-5-8-21-15;/h5-9,12-13H,4,10-11H2,1-3H3,(H,17,18);1H. The molecule has 22 heavy (non-hydrogen) atoms. The molecule has 0 saturated carbocycles. The predicted octanol–water partition coefficient (Wildman–Crippen LogP) is 4.63. The summed E-state index contributed by atoms with van der Waals surface area (Å²) in [5.74, 6) is 1.44. The predicted molar refractivity (Wildman–Crippen MR) is 110 cm³/mol. The number of guanidine groups is 1. The Hall–Kier alpha value is -0.600. The second-order valence-electron chi connectivity index (χ2n) is 5.10. The van der Waals surface area contributed by atoms with Crippen molar-refractivity contribution in [2.75, 3.05) is 20.1 Å². The Balaban J connectivity index is 0.00000242. The van der Waals surface area contributed by atoms with Crippen molar-refractivity contribution in [1.82, 2.24) is 10.2 Å². The molecule has 0 spiro atoms. The lowest BCUT2D eigenvalue weighted by Crippen LogP contribution is -2.38. The van der Waals surface area contributed by atoms with Crippen LogP contribution in [-0.2, 0) is 6.54 Å². The number of aliphatic imine (C=N–C) groups is 1. The highest BCUT2D eigenvalue weighted by Crippen LogP contribution is 2.20. The third-order valence-corrected chi connectivity index (χ3v) is 5.08. The molecule has 1 unspecified atom stereocenters. The van der Waals surface area contributed by atoms with E-state index in [-0.39, 0.29) is 24.0 Å². The van der Waals surface area contributed by atoms with E-state index in [9.17, 15) is 0 Å². The first kappa shape index (κ1) is 19.4. The van der Waals surface area contributed by atoms with E-state index in [1.807, 2.05) is 0 Å². The van der Waals surface area contributed by atoms with Crippen LogP contribution in [0.5, 0.6) is 0 Å². The van der Waals surface area contributed by atoms with Crippen molar-refractivity contribution in [3.63, 3.8) is 0 Å². The Bertz CT molecular complexity index is 538. The van der Waals surface area contributed by atoms with Gasteiger partial charge >= 0.3 is 0 Å². The lowest BCUT2D eigenvalue weighted by Gasteiger charge is -2.22. The van der Waals surface area contributed by atoms with Crippen LogP contribution in [0.3, 0.4) is 0 Å². The normalized spacial score (nSPS) is 12.6. The van der Waals surface area contributed by atoms with Crippen molar-refractivity contribution >= 4 is 52.6 Å². The van der Waals surface area contributed by atoms with Gasteiger partial charge in [0, 0.05) is 30.9 Å². The molecule has 0 saturated heterocycles. The number of hydrogen-bond donors (Lipinski definition) is 1. The smallest absolute Gasteiger partial charge is 0.193 e. The summed E-state index contributed by atoms with van der Waals surface area (Å²) in [6.07, 6.45) is 0. The molecule has 0 aliphatic heterocycles. The zero-order valence-corrected chi connectivity index (χ0v) is 17.2. The van der Waals surface area contributed by atoms with Crippen molar-refractivity contribution in [3.05, 3.63) is 44.8 Å². The molecule has 2 heterocycles. The van der Waals surface area contributed by atoms with Crippen LogP contribution in [0.25, 0.3) is 0 Å². The van der Waals surface area contributed by atoms with E-state index < -0.39 is 0 Å². The van der Waals surface area contributed by atoms with Crippen LogP contribution in [0.1, 0.15) is 30.2 Å². The van der Waals surface area contributed by atoms with Crippen LogP contribution in [0.2, 0.25) is 0 Å². The Kier molecular flexibility index (Phi) is 9.04. The molecule has 2 aromatic heterocycles. The van der Waals surface area contributed by atoms with Crippen molar-refractivity contribution in [1.29, 1.82) is 0 Å². The van der Waals surface area contributed by atoms with E-state index >= 15 is 0 Å². The maximum absolute atomic E-state index is 4.79. The summed E-state index contributed by atoms with van der Waals surface area (Å²) in [7, 11) is 2.09. The molecule has 1 atom stereocenters. The van der Waals surface area contributed by atoms with E-state index in [0.29, 0.717) is 5.92 Å². The number of nitrogens with zero attached hydrogens (tertiary/aromatic N) is 2. The molecule has 1 N–H and O–H groups in total. The first-order valence-electron chi connectivity index (χ1n) is 7.24. The Labute approximate surface area is 158 Å². The molecule has 0 bridgehead atoms. The second-order valence-corrected chi connectivity index (χ2v) is 6.86. The molecule has 0 aliphatic rings. The van der Waals surface area contributed by atoms with Crippen LogP contribution < -0.4 is 5.32 Å². The number of nitrogens with one attached hydrogen (secondary N) is 1. The maximum Gasteiger partial charge on any atom is 0.193 e. The van der Waals surface area contributed by atoms with Gasteiger partial charge in [0.1, 0.15) is 0 Å². The van der Waals surface area contributed by atoms with Gasteiger partial charge in [0.05, 0.1) is 6.54 Å². The molecule has 3 nitrogen and oxygen atoms in total. The minimum absolute atomic E-state index is 0. The number of rotatable bonds is 6. The fraction of sp³-hybridized carbons (Fsp3) is 0.438. The van der Waals surface area contributed by atoms with E-state index in [1.165, 1.54) is 10.4 Å². The summed E-state index contributed by atoms with van der Waals surface area (Å²) in [6, 6.07) is 6.46. The minimum atomic E-state index is 0. The Morgan fingerprint density at radius 2 is 2.18 bits per heavy atom. The summed E-state index contributed by atoms with van der Waals surface area (Å²) >= 11 is 3.54. The summed E-state index contributed by atoms with van der Waals surface area (Å²) in [4.78, 5) is 8.38. The lowest BCUT2D eigenvalue weighted by molar-refractivity contribution is 0.476. The van der Waals surface area contributed by atoms with E-state index in [4.69, 9.17) is 4.99 Å². The molecule has 2 aromatic rings. The van der Waals surface area contributed by atoms with Gasteiger partial charge in [0.25, 0.3) is 0 Å². The SMILES string of the molecule is CCNC(=NCC(C)c1cccs1)N(C)Cc1ccsc1.I. The highest BCUT2D eigenvalue weighted by molar-refractivity contribution is 14.0. The first-order valence-corrected chi connectivity index (χ1v) is 9.07. The molecule has 0 fully saturated rings. The molecule has 0 aliphatic carbocycles. The molecule has 0 radical (unpaired) electrons. The van der Waals surface area contributed by atoms with E-state index in [1.54, 1.807) is 22.7 Å². The first-order chi connectivity index (χ1) is 10.2. The van der Waals surface area contributed by atoms with Crippen molar-refractivity contribution < 1.29 is 0 Å². The molecule has 2 rings (SSSR count). The van der Waals surface area contributed by atoms with Crippen LogP contribution in [0.4, 0.5) is 0 Å². The van der Waals surface area contributed by atoms with Crippen molar-refractivity contribution in [3.8, 4) is 0 Å². The fourth-order valence-electron chi connectivity index (χ4n) is 2.09. The third kappa shape index (κ3) is 5.89. The van der Waals surface area contributed by atoms with Crippen molar-refractivity contribution in [2.24, 2.45) is 4.99 Å². The minimum Gasteiger partial charge on any atom is -0.357 e. The Morgan fingerprint density at radius 3 is 2.77 bits per heavy atom. The third-order valence-electron chi connectivity index (χ3n) is 3.24. The number of halogens is 1. The highest BCUT2D eigenvalue weighted by atomic mass is 127. The van der Waals surface area contributed by atoms with Gasteiger partial charge in [-0.25, -0.2) is 0 Å². The molecule has 0 amide bonds. The lowest BCUT2D eigenvalue weighted by atomic mass is 10.1. The summed E-state index contributed by atoms with van der Waals surface area (Å²) in [5.41, 5.74) is 1.33. The van der Waals surface area contributed by atoms with E-state index in [2.05, 4.69) is 65.5 Å². The highest BCUT2D eigenvalue weighted by Gasteiger charge is 2.09. The van der Waals surface area contributed by atoms with Gasteiger partial charge in [-0.1, -0.05) is 13.0 Å². The van der Waals surface area contributed by atoms with Gasteiger partial charge < -0.3 is 10.2 Å². The van der Waals surface area contributed by atoms with Gasteiger partial charge in [0.2, 0.25) is 0 Å². The summed E-state index contributed by atoms with van der Waals surface area (Å²) < 4.78 is 0. The molecule has 122 valence electrons. The van der Waals surface area contributed by atoms with Gasteiger partial charge in [0.15, 0.2) is 5.96 Å². The zero-order valence-electron chi connectivity index (χ0n) is 13.3. The second kappa shape index (κ2) is 10.2. The van der Waals surface area contributed by atoms with Gasteiger partial charge in [-0.05, 0) is 40.8 Å². The summed E-state index contributed by atoms with van der Waals surface area (Å²) in [5, 5.41) is 9.81. The molecular weight excluding hydrogens is 425 g/mol. The number of hydrogen-bond acceptors (Lipinski definition) is 3. The monoisotopic (exact) mass is 449 g/mol. The van der Waals surface area contributed by atoms with Crippen LogP contribution in [0, 0.1) is 0 Å². The maximum atomic E-state index is 4.79. The molecular formula is C16H24IN3S2. The molecule has 6 heteroatoms. The number of thiophene rings is 2. The van der Waals surface area contributed by atoms with Crippen molar-refractivity contribution in [2.45, 2.75) is 26.3 Å². The fourth-order valence-corrected chi connectivity index (χ4v) is 3.52. The largest absolute Gasteiger partial charge is 0.357 e. The Morgan fingerprint density at radius 1 is 1.36 bits per heavy atom. The average molecular weight is 449 g/mol. The molecule has 0 aromatic carbocycles. The van der Waals surface area contributed by atoms with Crippen LogP contribution in [0.15, 0.2) is 39.3 Å².